The van der Waals surface area contributed by atoms with E-state index in [1.165, 1.54) is 43.4 Å². The predicted octanol–water partition coefficient (Wildman–Crippen LogP) is 3.05. The molecule has 0 amide bonds. The maximum absolute atomic E-state index is 6.07. The normalized spacial score (nSPS) is 26.0. The quantitative estimate of drug-likeness (QED) is 0.794. The lowest BCUT2D eigenvalue weighted by atomic mass is 10.0. The molecule has 1 saturated carbocycles. The fourth-order valence-corrected chi connectivity index (χ4v) is 3.91. The van der Waals surface area contributed by atoms with Gasteiger partial charge in [-0.2, -0.15) is 0 Å². The molecule has 2 aliphatic rings. The molecule has 3 nitrogen and oxygen atoms in total. The van der Waals surface area contributed by atoms with E-state index in [1.807, 2.05) is 24.5 Å². The van der Waals surface area contributed by atoms with Crippen molar-refractivity contribution in [2.45, 2.75) is 19.3 Å². The Labute approximate surface area is 113 Å². The zero-order valence-corrected chi connectivity index (χ0v) is 11.0. The van der Waals surface area contributed by atoms with Crippen LogP contribution in [-0.4, -0.2) is 18.1 Å². The van der Waals surface area contributed by atoms with Crippen molar-refractivity contribution in [3.63, 3.8) is 0 Å². The van der Waals surface area contributed by atoms with E-state index in [0.717, 1.165) is 22.9 Å². The Hall–Kier alpha value is -1.77. The zero-order chi connectivity index (χ0) is 12.8. The van der Waals surface area contributed by atoms with Crippen LogP contribution in [0.2, 0.25) is 0 Å². The maximum atomic E-state index is 6.07. The second kappa shape index (κ2) is 4.12. The molecule has 2 unspecified atom stereocenters. The van der Waals surface area contributed by atoms with E-state index >= 15 is 0 Å². The Balaban J connectivity index is 1.78. The summed E-state index contributed by atoms with van der Waals surface area (Å²) in [4.78, 5) is 6.82. The Morgan fingerprint density at radius 1 is 1.05 bits per heavy atom. The van der Waals surface area contributed by atoms with Crippen molar-refractivity contribution in [1.29, 1.82) is 0 Å². The van der Waals surface area contributed by atoms with Crippen LogP contribution in [-0.2, 0) is 0 Å². The van der Waals surface area contributed by atoms with Crippen molar-refractivity contribution < 1.29 is 0 Å². The number of aromatic nitrogens is 1. The number of nitrogens with two attached hydrogens (primary N) is 1. The van der Waals surface area contributed by atoms with Gasteiger partial charge in [0.25, 0.3) is 0 Å². The van der Waals surface area contributed by atoms with Crippen LogP contribution in [0.25, 0.3) is 10.8 Å². The van der Waals surface area contributed by atoms with Gasteiger partial charge in [-0.15, -0.1) is 0 Å². The Morgan fingerprint density at radius 2 is 1.84 bits per heavy atom. The molecule has 4 rings (SSSR count). The van der Waals surface area contributed by atoms with Gasteiger partial charge in [-0.25, -0.2) is 0 Å². The van der Waals surface area contributed by atoms with E-state index in [1.54, 1.807) is 0 Å². The van der Waals surface area contributed by atoms with Crippen LogP contribution in [0.4, 0.5) is 11.4 Å². The highest BCUT2D eigenvalue weighted by Gasteiger charge is 2.36. The minimum absolute atomic E-state index is 0.848. The summed E-state index contributed by atoms with van der Waals surface area (Å²) in [6, 6.07) is 6.22. The van der Waals surface area contributed by atoms with Gasteiger partial charge in [0.05, 0.1) is 0 Å². The van der Waals surface area contributed by atoms with E-state index < -0.39 is 0 Å². The average Bonchev–Trinajstić information content (AvgIpc) is 3.00. The summed E-state index contributed by atoms with van der Waals surface area (Å²) >= 11 is 0. The topological polar surface area (TPSA) is 42.1 Å². The first-order valence-electron chi connectivity index (χ1n) is 7.20. The standard InChI is InChI=1S/C16H19N3/c17-15-4-5-16(14-8-18-7-6-13(14)15)19-9-11-2-1-3-12(11)10-19/h4-8,11-12H,1-3,9-10,17H2. The number of nitrogens with zero attached hydrogens (tertiary/aromatic N) is 2. The summed E-state index contributed by atoms with van der Waals surface area (Å²) in [6.45, 7) is 2.41. The van der Waals surface area contributed by atoms with Crippen LogP contribution in [0.5, 0.6) is 0 Å². The molecule has 98 valence electrons. The summed E-state index contributed by atoms with van der Waals surface area (Å²) < 4.78 is 0. The number of rotatable bonds is 1. The number of hydrogen-bond acceptors (Lipinski definition) is 3. The molecule has 2 N–H and O–H groups in total. The van der Waals surface area contributed by atoms with Gasteiger partial charge in [0, 0.05) is 47.6 Å². The summed E-state index contributed by atoms with van der Waals surface area (Å²) in [5, 5.41) is 2.33. The first-order chi connectivity index (χ1) is 9.33. The molecular weight excluding hydrogens is 234 g/mol. The van der Waals surface area contributed by atoms with Crippen molar-refractivity contribution in [3.05, 3.63) is 30.6 Å². The fraction of sp³-hybridized carbons (Fsp3) is 0.438. The molecule has 0 radical (unpaired) electrons. The molecule has 1 aliphatic carbocycles. The van der Waals surface area contributed by atoms with Gasteiger partial charge >= 0.3 is 0 Å². The smallest absolute Gasteiger partial charge is 0.0463 e. The molecule has 19 heavy (non-hydrogen) atoms. The second-order valence-corrected chi connectivity index (χ2v) is 5.95. The van der Waals surface area contributed by atoms with E-state index in [0.29, 0.717) is 0 Å². The van der Waals surface area contributed by atoms with E-state index in [9.17, 15) is 0 Å². The molecule has 1 aromatic heterocycles. The number of fused-ring (bicyclic) bond motifs is 2. The van der Waals surface area contributed by atoms with Crippen molar-refractivity contribution in [1.82, 2.24) is 4.98 Å². The maximum Gasteiger partial charge on any atom is 0.0463 e. The molecule has 1 aromatic carbocycles. The first-order valence-corrected chi connectivity index (χ1v) is 7.20. The van der Waals surface area contributed by atoms with Crippen molar-refractivity contribution in [2.24, 2.45) is 11.8 Å². The van der Waals surface area contributed by atoms with Gasteiger partial charge in [-0.3, -0.25) is 4.98 Å². The molecular formula is C16H19N3. The molecule has 2 atom stereocenters. The number of pyridine rings is 1. The summed E-state index contributed by atoms with van der Waals surface area (Å²) in [6.07, 6.45) is 8.02. The summed E-state index contributed by atoms with van der Waals surface area (Å²) in [7, 11) is 0. The Kier molecular flexibility index (Phi) is 2.40. The number of hydrogen-bond donors (Lipinski definition) is 1. The van der Waals surface area contributed by atoms with E-state index in [4.69, 9.17) is 5.73 Å². The van der Waals surface area contributed by atoms with Gasteiger partial charge < -0.3 is 10.6 Å². The summed E-state index contributed by atoms with van der Waals surface area (Å²) in [5.74, 6) is 1.81. The summed E-state index contributed by atoms with van der Waals surface area (Å²) in [5.41, 5.74) is 8.23. The molecule has 0 bridgehead atoms. The van der Waals surface area contributed by atoms with Gasteiger partial charge in [0.1, 0.15) is 0 Å². The lowest BCUT2D eigenvalue weighted by Crippen LogP contribution is -2.21. The van der Waals surface area contributed by atoms with Crippen LogP contribution in [0.3, 0.4) is 0 Å². The van der Waals surface area contributed by atoms with Crippen molar-refractivity contribution in [2.75, 3.05) is 23.7 Å². The van der Waals surface area contributed by atoms with Crippen LogP contribution in [0.15, 0.2) is 30.6 Å². The first kappa shape index (κ1) is 11.1. The minimum Gasteiger partial charge on any atom is -0.398 e. The molecule has 1 aliphatic heterocycles. The van der Waals surface area contributed by atoms with E-state index in [-0.39, 0.29) is 0 Å². The Bertz CT molecular complexity index is 610. The highest BCUT2D eigenvalue weighted by atomic mass is 15.2. The third-order valence-corrected chi connectivity index (χ3v) is 4.90. The lowest BCUT2D eigenvalue weighted by Gasteiger charge is -2.22. The second-order valence-electron chi connectivity index (χ2n) is 5.95. The van der Waals surface area contributed by atoms with Crippen LogP contribution < -0.4 is 10.6 Å². The molecule has 3 heteroatoms. The van der Waals surface area contributed by atoms with Crippen LogP contribution in [0.1, 0.15) is 19.3 Å². The minimum atomic E-state index is 0.848. The van der Waals surface area contributed by atoms with Crippen LogP contribution in [0, 0.1) is 11.8 Å². The zero-order valence-electron chi connectivity index (χ0n) is 11.0. The van der Waals surface area contributed by atoms with Crippen molar-refractivity contribution in [3.8, 4) is 0 Å². The lowest BCUT2D eigenvalue weighted by molar-refractivity contribution is 0.494. The van der Waals surface area contributed by atoms with Crippen molar-refractivity contribution >= 4 is 22.1 Å². The highest BCUT2D eigenvalue weighted by molar-refractivity contribution is 6.00. The van der Waals surface area contributed by atoms with Crippen LogP contribution >= 0.6 is 0 Å². The van der Waals surface area contributed by atoms with Gasteiger partial charge in [0.15, 0.2) is 0 Å². The average molecular weight is 253 g/mol. The van der Waals surface area contributed by atoms with Gasteiger partial charge in [0.2, 0.25) is 0 Å². The monoisotopic (exact) mass is 253 g/mol. The molecule has 1 saturated heterocycles. The SMILES string of the molecule is Nc1ccc(N2CC3CCCC3C2)c2cnccc12. The molecule has 0 spiro atoms. The van der Waals surface area contributed by atoms with Gasteiger partial charge in [-0.1, -0.05) is 6.42 Å². The van der Waals surface area contributed by atoms with Gasteiger partial charge in [-0.05, 0) is 42.9 Å². The number of benzene rings is 1. The molecule has 2 heterocycles. The third kappa shape index (κ3) is 1.68. The molecule has 2 aromatic rings. The highest BCUT2D eigenvalue weighted by Crippen LogP contribution is 2.41. The number of nitrogen functional groups attached to an aromatic ring is 1. The Morgan fingerprint density at radius 3 is 2.63 bits per heavy atom. The third-order valence-electron chi connectivity index (χ3n) is 4.90. The fourth-order valence-electron chi connectivity index (χ4n) is 3.91. The number of anilines is 2. The van der Waals surface area contributed by atoms with E-state index in [2.05, 4.69) is 16.0 Å². The largest absolute Gasteiger partial charge is 0.398 e. The molecule has 2 fully saturated rings. The predicted molar refractivity (Wildman–Crippen MR) is 79.2 cm³/mol.